The van der Waals surface area contributed by atoms with Gasteiger partial charge in [-0.15, -0.1) is 11.6 Å². The molecule has 3 heteroatoms. The molecule has 0 aliphatic carbocycles. The number of halogens is 3. The topological polar surface area (TPSA) is 0 Å². The molecule has 18 heavy (non-hydrogen) atoms. The van der Waals surface area contributed by atoms with E-state index in [0.717, 1.165) is 5.56 Å². The molecule has 2 aromatic rings. The first-order valence-electron chi connectivity index (χ1n) is 5.71. The van der Waals surface area contributed by atoms with Crippen LogP contribution in [0.25, 0.3) is 0 Å². The molecule has 0 saturated carbocycles. The van der Waals surface area contributed by atoms with Gasteiger partial charge in [-0.3, -0.25) is 0 Å². The summed E-state index contributed by atoms with van der Waals surface area (Å²) in [6.45, 7) is 1.53. The van der Waals surface area contributed by atoms with Crippen LogP contribution in [0.5, 0.6) is 0 Å². The van der Waals surface area contributed by atoms with Crippen LogP contribution in [0.4, 0.5) is 8.78 Å². The van der Waals surface area contributed by atoms with Gasteiger partial charge in [-0.2, -0.15) is 0 Å². The Morgan fingerprint density at radius 1 is 1.06 bits per heavy atom. The first kappa shape index (κ1) is 13.0. The summed E-state index contributed by atoms with van der Waals surface area (Å²) < 4.78 is 27.2. The highest BCUT2D eigenvalue weighted by Crippen LogP contribution is 2.28. The van der Waals surface area contributed by atoms with Crippen molar-refractivity contribution in [3.8, 4) is 0 Å². The lowest BCUT2D eigenvalue weighted by Crippen LogP contribution is -2.01. The van der Waals surface area contributed by atoms with Crippen molar-refractivity contribution in [1.82, 2.24) is 0 Å². The predicted molar refractivity (Wildman–Crippen MR) is 69.8 cm³/mol. The zero-order valence-electron chi connectivity index (χ0n) is 9.96. The maximum Gasteiger partial charge on any atom is 0.128 e. The van der Waals surface area contributed by atoms with Gasteiger partial charge in [0.2, 0.25) is 0 Å². The standard InChI is InChI=1S/C15H13ClF2/c1-10-7-15(18)12(9-14(10)17)13(16)8-11-5-3-2-4-6-11/h2-7,9,13H,8H2,1H3. The molecule has 0 aromatic heterocycles. The van der Waals surface area contributed by atoms with E-state index in [0.29, 0.717) is 12.0 Å². The van der Waals surface area contributed by atoms with E-state index in [-0.39, 0.29) is 5.56 Å². The van der Waals surface area contributed by atoms with Gasteiger partial charge >= 0.3 is 0 Å². The lowest BCUT2D eigenvalue weighted by Gasteiger charge is -2.12. The van der Waals surface area contributed by atoms with Crippen LogP contribution in [0.3, 0.4) is 0 Å². The molecule has 0 aliphatic rings. The van der Waals surface area contributed by atoms with Crippen LogP contribution < -0.4 is 0 Å². The fraction of sp³-hybridized carbons (Fsp3) is 0.200. The highest BCUT2D eigenvalue weighted by Gasteiger charge is 2.16. The molecule has 0 fully saturated rings. The minimum absolute atomic E-state index is 0.212. The Hall–Kier alpha value is -1.41. The quantitative estimate of drug-likeness (QED) is 0.701. The van der Waals surface area contributed by atoms with Crippen molar-refractivity contribution < 1.29 is 8.78 Å². The summed E-state index contributed by atoms with van der Waals surface area (Å²) in [6.07, 6.45) is 0.474. The number of hydrogen-bond acceptors (Lipinski definition) is 0. The highest BCUT2D eigenvalue weighted by molar-refractivity contribution is 6.20. The molecule has 0 radical (unpaired) electrons. The summed E-state index contributed by atoms with van der Waals surface area (Å²) in [5.74, 6) is -0.880. The summed E-state index contributed by atoms with van der Waals surface area (Å²) in [7, 11) is 0. The van der Waals surface area contributed by atoms with E-state index in [9.17, 15) is 8.78 Å². The summed E-state index contributed by atoms with van der Waals surface area (Å²) in [5, 5.41) is -0.567. The maximum absolute atomic E-state index is 13.7. The number of benzene rings is 2. The van der Waals surface area contributed by atoms with Gasteiger partial charge in [-0.25, -0.2) is 8.78 Å². The Kier molecular flexibility index (Phi) is 3.97. The average Bonchev–Trinajstić information content (AvgIpc) is 2.35. The van der Waals surface area contributed by atoms with Crippen molar-refractivity contribution in [3.05, 3.63) is 70.8 Å². The van der Waals surface area contributed by atoms with Crippen LogP contribution >= 0.6 is 11.6 Å². The summed E-state index contributed by atoms with van der Waals surface area (Å²) >= 11 is 6.16. The first-order valence-corrected chi connectivity index (χ1v) is 6.15. The van der Waals surface area contributed by atoms with Gasteiger partial charge in [0, 0.05) is 5.56 Å². The molecule has 0 nitrogen and oxygen atoms in total. The monoisotopic (exact) mass is 266 g/mol. The predicted octanol–water partition coefficient (Wildman–Crippen LogP) is 4.80. The maximum atomic E-state index is 13.7. The number of hydrogen-bond donors (Lipinski definition) is 0. The Labute approximate surface area is 110 Å². The van der Waals surface area contributed by atoms with Gasteiger partial charge in [-0.1, -0.05) is 30.3 Å². The average molecular weight is 267 g/mol. The number of aryl methyl sites for hydroxylation is 1. The molecular formula is C15H13ClF2. The SMILES string of the molecule is Cc1cc(F)c(C(Cl)Cc2ccccc2)cc1F. The lowest BCUT2D eigenvalue weighted by atomic mass is 10.0. The molecule has 2 rings (SSSR count). The molecule has 2 aromatic carbocycles. The van der Waals surface area contributed by atoms with Crippen LogP contribution in [0, 0.1) is 18.6 Å². The zero-order valence-corrected chi connectivity index (χ0v) is 10.7. The Balaban J connectivity index is 2.24. The van der Waals surface area contributed by atoms with Crippen molar-refractivity contribution in [1.29, 1.82) is 0 Å². The largest absolute Gasteiger partial charge is 0.207 e. The second kappa shape index (κ2) is 5.49. The molecular weight excluding hydrogens is 254 g/mol. The first-order chi connectivity index (χ1) is 8.58. The molecule has 0 saturated heterocycles. The van der Waals surface area contributed by atoms with E-state index < -0.39 is 17.0 Å². The second-order valence-corrected chi connectivity index (χ2v) is 4.81. The van der Waals surface area contributed by atoms with Crippen molar-refractivity contribution in [3.63, 3.8) is 0 Å². The molecule has 0 heterocycles. The molecule has 0 spiro atoms. The molecule has 0 amide bonds. The normalized spacial score (nSPS) is 12.4. The molecule has 1 unspecified atom stereocenters. The number of rotatable bonds is 3. The third kappa shape index (κ3) is 2.88. The van der Waals surface area contributed by atoms with Crippen LogP contribution in [-0.4, -0.2) is 0 Å². The fourth-order valence-electron chi connectivity index (χ4n) is 1.83. The third-order valence-corrected chi connectivity index (χ3v) is 3.26. The van der Waals surface area contributed by atoms with Crippen molar-refractivity contribution >= 4 is 11.6 Å². The van der Waals surface area contributed by atoms with Crippen LogP contribution in [0.2, 0.25) is 0 Å². The van der Waals surface area contributed by atoms with Crippen LogP contribution in [0.1, 0.15) is 22.1 Å². The van der Waals surface area contributed by atoms with Crippen molar-refractivity contribution in [2.24, 2.45) is 0 Å². The molecule has 1 atom stereocenters. The molecule has 0 aliphatic heterocycles. The van der Waals surface area contributed by atoms with Crippen molar-refractivity contribution in [2.75, 3.05) is 0 Å². The summed E-state index contributed by atoms with van der Waals surface area (Å²) in [5.41, 5.74) is 1.50. The Bertz CT molecular complexity index is 538. The van der Waals surface area contributed by atoms with Gasteiger partial charge in [-0.05, 0) is 36.6 Å². The van der Waals surface area contributed by atoms with Gasteiger partial charge in [0.05, 0.1) is 5.38 Å². The van der Waals surface area contributed by atoms with E-state index >= 15 is 0 Å². The minimum Gasteiger partial charge on any atom is -0.207 e. The van der Waals surface area contributed by atoms with Gasteiger partial charge < -0.3 is 0 Å². The smallest absolute Gasteiger partial charge is 0.128 e. The van der Waals surface area contributed by atoms with E-state index in [1.807, 2.05) is 30.3 Å². The molecule has 94 valence electrons. The van der Waals surface area contributed by atoms with Gasteiger partial charge in [0.15, 0.2) is 0 Å². The lowest BCUT2D eigenvalue weighted by molar-refractivity contribution is 0.575. The van der Waals surface area contributed by atoms with E-state index in [2.05, 4.69) is 0 Å². The fourth-order valence-corrected chi connectivity index (χ4v) is 2.18. The molecule has 0 N–H and O–H groups in total. The van der Waals surface area contributed by atoms with E-state index in [4.69, 9.17) is 11.6 Å². The third-order valence-electron chi connectivity index (χ3n) is 2.87. The summed E-state index contributed by atoms with van der Waals surface area (Å²) in [6, 6.07) is 11.9. The van der Waals surface area contributed by atoms with Crippen molar-refractivity contribution in [2.45, 2.75) is 18.7 Å². The Morgan fingerprint density at radius 2 is 1.72 bits per heavy atom. The minimum atomic E-state index is -0.567. The summed E-state index contributed by atoms with van der Waals surface area (Å²) in [4.78, 5) is 0. The van der Waals surface area contributed by atoms with Gasteiger partial charge in [0.1, 0.15) is 11.6 Å². The second-order valence-electron chi connectivity index (χ2n) is 4.28. The van der Waals surface area contributed by atoms with Crippen LogP contribution in [-0.2, 0) is 6.42 Å². The molecule has 0 bridgehead atoms. The Morgan fingerprint density at radius 3 is 2.39 bits per heavy atom. The zero-order chi connectivity index (χ0) is 13.1. The number of alkyl halides is 1. The van der Waals surface area contributed by atoms with E-state index in [1.165, 1.54) is 19.1 Å². The van der Waals surface area contributed by atoms with Gasteiger partial charge in [0.25, 0.3) is 0 Å². The van der Waals surface area contributed by atoms with Crippen LogP contribution in [0.15, 0.2) is 42.5 Å². The van der Waals surface area contributed by atoms with E-state index in [1.54, 1.807) is 0 Å². The highest BCUT2D eigenvalue weighted by atomic mass is 35.5.